The number of rotatable bonds is 2. The van der Waals surface area contributed by atoms with E-state index in [1.54, 1.807) is 0 Å². The maximum absolute atomic E-state index is 11.6. The van der Waals surface area contributed by atoms with Gasteiger partial charge in [-0.3, -0.25) is 9.36 Å². The number of nitrogens with zero attached hydrogens (tertiary/aromatic N) is 4. The predicted molar refractivity (Wildman–Crippen MR) is 69.7 cm³/mol. The highest BCUT2D eigenvalue weighted by atomic mass is 16.6. The molecule has 0 spiro atoms. The maximum atomic E-state index is 11.6. The Kier molecular flexibility index (Phi) is 3.20. The summed E-state index contributed by atoms with van der Waals surface area (Å²) in [6, 6.07) is 0. The molecule has 10 heteroatoms. The summed E-state index contributed by atoms with van der Waals surface area (Å²) in [6.07, 6.45) is -2.22. The van der Waals surface area contributed by atoms with E-state index in [9.17, 15) is 15.0 Å². The monoisotopic (exact) mass is 294 g/mol. The summed E-state index contributed by atoms with van der Waals surface area (Å²) in [4.78, 5) is 23.5. The number of fused-ring (bicyclic) bond motifs is 1. The van der Waals surface area contributed by atoms with Gasteiger partial charge in [-0.1, -0.05) is 0 Å². The smallest absolute Gasteiger partial charge is 0.251 e. The molecule has 0 radical (unpaired) electrons. The molecule has 1 aliphatic rings. The fourth-order valence-corrected chi connectivity index (χ4v) is 2.30. The number of nitrogens with one attached hydrogen (secondary N) is 1. The lowest BCUT2D eigenvalue weighted by atomic mass is 10.1. The predicted octanol–water partition coefficient (Wildman–Crippen LogP) is -2.23. The lowest BCUT2D eigenvalue weighted by Crippen LogP contribution is -2.41. The second kappa shape index (κ2) is 4.91. The number of nitrogens with two attached hydrogens (primary N) is 1. The molecule has 5 N–H and O–H groups in total. The largest absolute Gasteiger partial charge is 0.387 e. The van der Waals surface area contributed by atoms with Gasteiger partial charge in [-0.05, 0) is 0 Å². The number of carbonyl (C=O) groups is 1. The Balaban J connectivity index is 2.00. The van der Waals surface area contributed by atoms with Gasteiger partial charge in [-0.15, -0.1) is 0 Å². The van der Waals surface area contributed by atoms with Gasteiger partial charge in [-0.2, -0.15) is 0 Å². The fraction of sp³-hybridized carbons (Fsp3) is 0.455. The molecule has 1 unspecified atom stereocenters. The molecule has 0 bridgehead atoms. The Hall–Kier alpha value is -2.30. The summed E-state index contributed by atoms with van der Waals surface area (Å²) in [5, 5.41) is 22.4. The van der Waals surface area contributed by atoms with Crippen LogP contribution in [0, 0.1) is 0 Å². The SMILES string of the molecule is CNC(=O)[C@H]1OC(n2cnc3c(N)ncnc32)[C@H](O)[C@@H]1O. The average Bonchev–Trinajstić information content (AvgIpc) is 3.02. The Morgan fingerprint density at radius 1 is 1.38 bits per heavy atom. The number of likely N-dealkylation sites (N-methyl/N-ethyl adjacent to an activating group) is 1. The molecule has 0 aromatic carbocycles. The van der Waals surface area contributed by atoms with Crippen LogP contribution in [-0.4, -0.2) is 61.0 Å². The van der Waals surface area contributed by atoms with Crippen molar-refractivity contribution < 1.29 is 19.7 Å². The fourth-order valence-electron chi connectivity index (χ4n) is 2.30. The van der Waals surface area contributed by atoms with Crippen molar-refractivity contribution in [3.05, 3.63) is 12.7 Å². The van der Waals surface area contributed by atoms with Gasteiger partial charge in [0.25, 0.3) is 5.91 Å². The normalized spacial score (nSPS) is 28.9. The first-order valence-corrected chi connectivity index (χ1v) is 6.20. The van der Waals surface area contributed by atoms with E-state index in [2.05, 4.69) is 20.3 Å². The van der Waals surface area contributed by atoms with Crippen molar-refractivity contribution in [1.82, 2.24) is 24.8 Å². The summed E-state index contributed by atoms with van der Waals surface area (Å²) in [5.74, 6) is -0.336. The molecule has 3 rings (SSSR count). The summed E-state index contributed by atoms with van der Waals surface area (Å²) in [7, 11) is 1.42. The zero-order valence-corrected chi connectivity index (χ0v) is 11.0. The van der Waals surface area contributed by atoms with Gasteiger partial charge < -0.3 is 26.0 Å². The van der Waals surface area contributed by atoms with E-state index >= 15 is 0 Å². The standard InChI is InChI=1S/C11H14N6O4/c1-13-10(20)7-5(18)6(19)11(21-7)17-3-16-4-8(12)14-2-15-9(4)17/h2-3,5-7,11,18-19H,1H3,(H,13,20)(H2,12,14,15)/t5-,6+,7-,11?/m0/s1. The number of carbonyl (C=O) groups excluding carboxylic acids is 1. The van der Waals surface area contributed by atoms with Gasteiger partial charge in [0.05, 0.1) is 6.33 Å². The number of nitrogen functional groups attached to an aromatic ring is 1. The van der Waals surface area contributed by atoms with Crippen LogP contribution in [0.1, 0.15) is 6.23 Å². The van der Waals surface area contributed by atoms with Crippen LogP contribution in [0.3, 0.4) is 0 Å². The van der Waals surface area contributed by atoms with Crippen molar-refractivity contribution in [3.8, 4) is 0 Å². The molecule has 2 aromatic rings. The minimum absolute atomic E-state index is 0.189. The third kappa shape index (κ3) is 2.00. The molecule has 3 heterocycles. The van der Waals surface area contributed by atoms with Crippen LogP contribution in [0.5, 0.6) is 0 Å². The van der Waals surface area contributed by atoms with Crippen molar-refractivity contribution in [1.29, 1.82) is 0 Å². The molecule has 1 aliphatic heterocycles. The molecule has 0 aliphatic carbocycles. The minimum Gasteiger partial charge on any atom is -0.387 e. The van der Waals surface area contributed by atoms with E-state index < -0.39 is 30.4 Å². The molecular weight excluding hydrogens is 280 g/mol. The van der Waals surface area contributed by atoms with Crippen molar-refractivity contribution in [3.63, 3.8) is 0 Å². The van der Waals surface area contributed by atoms with Gasteiger partial charge in [0.15, 0.2) is 23.8 Å². The first-order chi connectivity index (χ1) is 10.0. The van der Waals surface area contributed by atoms with Gasteiger partial charge in [0.1, 0.15) is 24.1 Å². The zero-order chi connectivity index (χ0) is 15.1. The number of hydrogen-bond acceptors (Lipinski definition) is 8. The van der Waals surface area contributed by atoms with Crippen LogP contribution in [0.25, 0.3) is 11.2 Å². The summed E-state index contributed by atoms with van der Waals surface area (Å²) < 4.78 is 6.85. The van der Waals surface area contributed by atoms with E-state index in [0.29, 0.717) is 11.2 Å². The Bertz CT molecular complexity index is 688. The Labute approximate surface area is 118 Å². The lowest BCUT2D eigenvalue weighted by molar-refractivity contribution is -0.137. The number of imidazole rings is 1. The molecule has 1 fully saturated rings. The summed E-state index contributed by atoms with van der Waals surface area (Å²) >= 11 is 0. The molecule has 112 valence electrons. The van der Waals surface area contributed by atoms with E-state index in [0.717, 1.165) is 0 Å². The number of hydrogen-bond donors (Lipinski definition) is 4. The number of ether oxygens (including phenoxy) is 1. The first-order valence-electron chi connectivity index (χ1n) is 6.20. The molecule has 1 saturated heterocycles. The van der Waals surface area contributed by atoms with E-state index in [1.165, 1.54) is 24.3 Å². The number of amides is 1. The third-order valence-electron chi connectivity index (χ3n) is 3.40. The molecule has 0 saturated carbocycles. The Morgan fingerprint density at radius 2 is 2.14 bits per heavy atom. The molecule has 2 aromatic heterocycles. The topological polar surface area (TPSA) is 148 Å². The van der Waals surface area contributed by atoms with Crippen molar-refractivity contribution in [2.24, 2.45) is 0 Å². The van der Waals surface area contributed by atoms with E-state index in [1.807, 2.05) is 0 Å². The Morgan fingerprint density at radius 3 is 2.86 bits per heavy atom. The molecule has 21 heavy (non-hydrogen) atoms. The first kappa shape index (κ1) is 13.7. The maximum Gasteiger partial charge on any atom is 0.251 e. The quantitative estimate of drug-likeness (QED) is 0.486. The lowest BCUT2D eigenvalue weighted by Gasteiger charge is -2.16. The van der Waals surface area contributed by atoms with Crippen LogP contribution in [0.2, 0.25) is 0 Å². The van der Waals surface area contributed by atoms with Crippen molar-refractivity contribution >= 4 is 22.9 Å². The summed E-state index contributed by atoms with van der Waals surface area (Å²) in [5.41, 5.74) is 6.38. The van der Waals surface area contributed by atoms with Crippen LogP contribution < -0.4 is 11.1 Å². The highest BCUT2D eigenvalue weighted by Crippen LogP contribution is 2.31. The highest BCUT2D eigenvalue weighted by molar-refractivity contribution is 5.82. The van der Waals surface area contributed by atoms with Crippen molar-refractivity contribution in [2.75, 3.05) is 12.8 Å². The molecular formula is C11H14N6O4. The van der Waals surface area contributed by atoms with Crippen LogP contribution in [-0.2, 0) is 9.53 Å². The second-order valence-electron chi connectivity index (χ2n) is 4.63. The van der Waals surface area contributed by atoms with E-state index in [-0.39, 0.29) is 5.82 Å². The van der Waals surface area contributed by atoms with Crippen molar-refractivity contribution in [2.45, 2.75) is 24.5 Å². The van der Waals surface area contributed by atoms with E-state index in [4.69, 9.17) is 10.5 Å². The highest BCUT2D eigenvalue weighted by Gasteiger charge is 2.47. The average molecular weight is 294 g/mol. The van der Waals surface area contributed by atoms with Gasteiger partial charge in [0, 0.05) is 7.05 Å². The molecule has 10 nitrogen and oxygen atoms in total. The minimum atomic E-state index is -1.36. The second-order valence-corrected chi connectivity index (χ2v) is 4.63. The number of aliphatic hydroxyl groups is 2. The molecule has 4 atom stereocenters. The number of anilines is 1. The van der Waals surface area contributed by atoms with Gasteiger partial charge >= 0.3 is 0 Å². The number of aliphatic hydroxyl groups excluding tert-OH is 2. The van der Waals surface area contributed by atoms with Crippen LogP contribution >= 0.6 is 0 Å². The number of aromatic nitrogens is 4. The zero-order valence-electron chi connectivity index (χ0n) is 11.0. The molecule has 1 amide bonds. The van der Waals surface area contributed by atoms with Gasteiger partial charge in [-0.25, -0.2) is 15.0 Å². The third-order valence-corrected chi connectivity index (χ3v) is 3.40. The van der Waals surface area contributed by atoms with Crippen LogP contribution in [0.4, 0.5) is 5.82 Å². The van der Waals surface area contributed by atoms with Crippen LogP contribution in [0.15, 0.2) is 12.7 Å². The van der Waals surface area contributed by atoms with Gasteiger partial charge in [0.2, 0.25) is 0 Å². The summed E-state index contributed by atoms with van der Waals surface area (Å²) in [6.45, 7) is 0.